The lowest BCUT2D eigenvalue weighted by atomic mass is 9.79. The fourth-order valence-corrected chi connectivity index (χ4v) is 9.71. The molecule has 4 aromatic carbocycles. The van der Waals surface area contributed by atoms with Gasteiger partial charge in [0.05, 0.1) is 33.6 Å². The summed E-state index contributed by atoms with van der Waals surface area (Å²) in [4.78, 5) is 39.4. The van der Waals surface area contributed by atoms with E-state index in [1.165, 1.54) is 35.1 Å². The number of amides is 3. The number of hydrogen-bond donors (Lipinski definition) is 3. The van der Waals surface area contributed by atoms with Crippen molar-refractivity contribution in [1.82, 2.24) is 14.8 Å². The summed E-state index contributed by atoms with van der Waals surface area (Å²) in [5.74, 6) is -0.937. The number of carbonyl (C=O) groups excluding carboxylic acids is 3. The Labute approximate surface area is 357 Å². The largest absolute Gasteiger partial charge is 0.376 e. The third-order valence-electron chi connectivity index (χ3n) is 11.4. The summed E-state index contributed by atoms with van der Waals surface area (Å²) in [6.45, 7) is 5.01. The number of imide groups is 1. The van der Waals surface area contributed by atoms with Crippen molar-refractivity contribution in [2.45, 2.75) is 54.7 Å². The lowest BCUT2D eigenvalue weighted by Crippen LogP contribution is -2.38. The number of aryl methyl sites for hydroxylation is 1. The van der Waals surface area contributed by atoms with E-state index in [2.05, 4.69) is 87.8 Å². The first-order chi connectivity index (χ1) is 29.1. The minimum Gasteiger partial charge on any atom is -0.376 e. The molecule has 7 rings (SSSR count). The standard InChI is InChI=1S/C45H47N5O9S2/c1-45(2)38(16-9-6-8-15-34-32-14-12-13-29-18-20-36(47(3)4)44(42(29)32)48(34)5)49(25-11-7-10-17-39(51)46-24-26-50-40(52)22-23-41(50)53)35-21-19-31-33(43(35)45)27-30(61(55,56)57)28-37(31)60-59-58-54/h6,8-9,12-16,18-23,27-28H,7,10-11,17,24-26H2,1-5H3,(H2-,46,51,54,55,56,57)/p+1. The molecule has 3 heterocycles. The summed E-state index contributed by atoms with van der Waals surface area (Å²) in [5, 5.41) is 21.4. The molecule has 2 aliphatic heterocycles. The van der Waals surface area contributed by atoms with E-state index in [0.717, 1.165) is 56.6 Å². The summed E-state index contributed by atoms with van der Waals surface area (Å²) in [7, 11) is 1.55. The zero-order valence-corrected chi connectivity index (χ0v) is 36.2. The minimum absolute atomic E-state index is 0.113. The number of aromatic nitrogens is 1. The van der Waals surface area contributed by atoms with Crippen LogP contribution in [0.15, 0.2) is 101 Å². The van der Waals surface area contributed by atoms with Crippen molar-refractivity contribution >= 4 is 95.5 Å². The maximum Gasteiger partial charge on any atom is 0.294 e. The third-order valence-corrected chi connectivity index (χ3v) is 12.9. The van der Waals surface area contributed by atoms with Gasteiger partial charge in [-0.05, 0) is 73.2 Å². The van der Waals surface area contributed by atoms with Crippen molar-refractivity contribution in [3.8, 4) is 0 Å². The van der Waals surface area contributed by atoms with E-state index in [1.54, 1.807) is 0 Å². The Balaban J connectivity index is 1.17. The summed E-state index contributed by atoms with van der Waals surface area (Å²) < 4.78 is 44.3. The van der Waals surface area contributed by atoms with Crippen LogP contribution in [-0.4, -0.2) is 89.4 Å². The smallest absolute Gasteiger partial charge is 0.294 e. The van der Waals surface area contributed by atoms with Gasteiger partial charge in [-0.1, -0.05) is 47.5 Å². The van der Waals surface area contributed by atoms with Gasteiger partial charge < -0.3 is 14.8 Å². The van der Waals surface area contributed by atoms with Crippen molar-refractivity contribution in [3.63, 3.8) is 0 Å². The van der Waals surface area contributed by atoms with Crippen LogP contribution in [0.4, 0.5) is 11.4 Å². The molecule has 0 saturated carbocycles. The zero-order valence-electron chi connectivity index (χ0n) is 34.5. The number of anilines is 1. The van der Waals surface area contributed by atoms with Crippen LogP contribution >= 0.6 is 12.0 Å². The van der Waals surface area contributed by atoms with Crippen molar-refractivity contribution in [2.75, 3.05) is 38.6 Å². The summed E-state index contributed by atoms with van der Waals surface area (Å²) in [5.41, 5.74) is 4.30. The molecule has 0 unspecified atom stereocenters. The number of fused-ring (bicyclic) bond motifs is 3. The number of nitrogens with one attached hydrogen (secondary N) is 1. The topological polar surface area (TPSA) is 171 Å². The molecule has 3 amide bonds. The first-order valence-electron chi connectivity index (χ1n) is 19.8. The Kier molecular flexibility index (Phi) is 12.7. The van der Waals surface area contributed by atoms with Gasteiger partial charge in [0.15, 0.2) is 5.71 Å². The molecular weight excluding hydrogens is 819 g/mol. The predicted octanol–water partition coefficient (Wildman–Crippen LogP) is 6.52. The number of allylic oxidation sites excluding steroid dienone is 4. The van der Waals surface area contributed by atoms with Crippen LogP contribution in [0.1, 0.15) is 45.1 Å². The summed E-state index contributed by atoms with van der Waals surface area (Å²) in [6.07, 6.45) is 15.0. The predicted molar refractivity (Wildman–Crippen MR) is 237 cm³/mol. The Morgan fingerprint density at radius 1 is 0.967 bits per heavy atom. The highest BCUT2D eigenvalue weighted by atomic mass is 32.2. The molecule has 5 aromatic rings. The molecule has 0 bridgehead atoms. The van der Waals surface area contributed by atoms with E-state index < -0.39 is 15.5 Å². The number of carbonyl (C=O) groups is 3. The number of unbranched alkanes of at least 4 members (excludes halogenated alkanes) is 2. The molecule has 0 saturated heterocycles. The van der Waals surface area contributed by atoms with Crippen LogP contribution in [0.25, 0.3) is 38.5 Å². The number of hydrogen-bond acceptors (Lipinski definition) is 10. The fourth-order valence-electron chi connectivity index (χ4n) is 8.55. The lowest BCUT2D eigenvalue weighted by Gasteiger charge is -2.19. The molecule has 0 aliphatic carbocycles. The van der Waals surface area contributed by atoms with Crippen molar-refractivity contribution < 1.29 is 46.6 Å². The Morgan fingerprint density at radius 3 is 2.46 bits per heavy atom. The maximum atomic E-state index is 12.6. The van der Waals surface area contributed by atoms with Gasteiger partial charge in [0.25, 0.3) is 21.9 Å². The van der Waals surface area contributed by atoms with E-state index in [1.807, 2.05) is 44.5 Å². The molecule has 16 heteroatoms. The molecule has 61 heavy (non-hydrogen) atoms. The Hall–Kier alpha value is -5.62. The van der Waals surface area contributed by atoms with Gasteiger partial charge >= 0.3 is 0 Å². The highest BCUT2D eigenvalue weighted by Crippen LogP contribution is 2.47. The van der Waals surface area contributed by atoms with E-state index in [0.29, 0.717) is 40.7 Å². The highest BCUT2D eigenvalue weighted by Gasteiger charge is 2.45. The number of rotatable bonds is 17. The maximum absolute atomic E-state index is 12.6. The average Bonchev–Trinajstić information content (AvgIpc) is 3.77. The zero-order chi connectivity index (χ0) is 43.6. The Morgan fingerprint density at radius 2 is 1.74 bits per heavy atom. The molecule has 2 aliphatic rings. The van der Waals surface area contributed by atoms with Crippen LogP contribution < -0.4 is 15.6 Å². The second kappa shape index (κ2) is 17.8. The second-order valence-electron chi connectivity index (χ2n) is 15.7. The van der Waals surface area contributed by atoms with E-state index >= 15 is 0 Å². The van der Waals surface area contributed by atoms with Crippen molar-refractivity contribution in [1.29, 1.82) is 0 Å². The molecule has 318 valence electrons. The quantitative estimate of drug-likeness (QED) is 0.0136. The van der Waals surface area contributed by atoms with Crippen molar-refractivity contribution in [2.24, 2.45) is 7.05 Å². The molecule has 0 fully saturated rings. The lowest BCUT2D eigenvalue weighted by molar-refractivity contribution is -0.438. The summed E-state index contributed by atoms with van der Waals surface area (Å²) in [6, 6.07) is 17.2. The molecular formula is C45H48N5O9S2+. The van der Waals surface area contributed by atoms with Gasteiger partial charge in [0.2, 0.25) is 11.6 Å². The molecule has 0 radical (unpaired) electrons. The number of nitrogens with zero attached hydrogens (tertiary/aromatic N) is 4. The molecule has 3 N–H and O–H groups in total. The first kappa shape index (κ1) is 43.5. The minimum atomic E-state index is -4.63. The third kappa shape index (κ3) is 8.64. The van der Waals surface area contributed by atoms with Crippen LogP contribution in [0.2, 0.25) is 0 Å². The van der Waals surface area contributed by atoms with Crippen LogP contribution in [0.3, 0.4) is 0 Å². The van der Waals surface area contributed by atoms with E-state index in [-0.39, 0.29) is 42.1 Å². The van der Waals surface area contributed by atoms with Crippen LogP contribution in [0.5, 0.6) is 0 Å². The van der Waals surface area contributed by atoms with Gasteiger partial charge in [0, 0.05) is 97.9 Å². The SMILES string of the molecule is CN(C)c1ccc2cccc3c(=CC=CC=CC4=[N+](CCCCCC(=O)NCCN5C(=O)C=CC5=O)c5ccc6c(SOOO)cc(S(=O)(=O)O)cc6c5C4(C)C)n(C)c1c23. The van der Waals surface area contributed by atoms with Gasteiger partial charge in [-0.3, -0.25) is 23.8 Å². The summed E-state index contributed by atoms with van der Waals surface area (Å²) >= 11 is 0.616. The number of benzene rings is 4. The normalized spacial score (nSPS) is 15.7. The molecule has 14 nitrogen and oxygen atoms in total. The fraction of sp³-hybridized carbons (Fsp3) is 0.289. The van der Waals surface area contributed by atoms with E-state index in [4.69, 9.17) is 9.59 Å². The monoisotopic (exact) mass is 866 g/mol. The van der Waals surface area contributed by atoms with Gasteiger partial charge in [-0.2, -0.15) is 13.0 Å². The van der Waals surface area contributed by atoms with Crippen LogP contribution in [-0.2, 0) is 46.3 Å². The average molecular weight is 867 g/mol. The molecule has 0 atom stereocenters. The Bertz CT molecular complexity index is 2860. The van der Waals surface area contributed by atoms with Crippen LogP contribution in [0, 0.1) is 0 Å². The van der Waals surface area contributed by atoms with Gasteiger partial charge in [-0.15, -0.1) is 4.33 Å². The van der Waals surface area contributed by atoms with Crippen molar-refractivity contribution in [3.05, 3.63) is 102 Å². The molecule has 0 spiro atoms. The molecule has 1 aromatic heterocycles. The van der Waals surface area contributed by atoms with Gasteiger partial charge in [-0.25, -0.2) is 5.26 Å². The first-order valence-corrected chi connectivity index (χ1v) is 22.0. The van der Waals surface area contributed by atoms with Gasteiger partial charge in [0.1, 0.15) is 6.54 Å². The van der Waals surface area contributed by atoms with E-state index in [9.17, 15) is 27.4 Å². The highest BCUT2D eigenvalue weighted by molar-refractivity contribution is 7.94. The second-order valence-corrected chi connectivity index (χ2v) is 17.9.